The normalized spacial score (nSPS) is 22.2. The van der Waals surface area contributed by atoms with Crippen LogP contribution in [0.25, 0.3) is 0 Å². The molecule has 118 valence electrons. The maximum atomic E-state index is 11.6. The topological polar surface area (TPSA) is 63.4 Å². The molecule has 1 aromatic rings. The first-order valence-electron chi connectivity index (χ1n) is 7.29. The molecule has 0 amide bonds. The zero-order valence-electron chi connectivity index (χ0n) is 12.5. The number of anilines is 1. The molecule has 2 N–H and O–H groups in total. The predicted molar refractivity (Wildman–Crippen MR) is 91.6 cm³/mol. The van der Waals surface area contributed by atoms with Gasteiger partial charge in [0.15, 0.2) is 9.84 Å². The van der Waals surface area contributed by atoms with Gasteiger partial charge in [0.1, 0.15) is 0 Å². The first-order valence-corrected chi connectivity index (χ1v) is 9.91. The van der Waals surface area contributed by atoms with E-state index in [2.05, 4.69) is 39.9 Å². The molecule has 6 heteroatoms. The van der Waals surface area contributed by atoms with Crippen LogP contribution in [0.2, 0.25) is 0 Å². The molecule has 4 nitrogen and oxygen atoms in total. The Morgan fingerprint density at radius 2 is 2.19 bits per heavy atom. The van der Waals surface area contributed by atoms with Crippen LogP contribution in [0.3, 0.4) is 0 Å². The van der Waals surface area contributed by atoms with Crippen LogP contribution >= 0.6 is 15.9 Å². The van der Waals surface area contributed by atoms with E-state index in [-0.39, 0.29) is 17.8 Å². The lowest BCUT2D eigenvalue weighted by Gasteiger charge is -2.26. The molecule has 0 saturated carbocycles. The van der Waals surface area contributed by atoms with Crippen LogP contribution in [0.5, 0.6) is 0 Å². The van der Waals surface area contributed by atoms with Gasteiger partial charge in [-0.1, -0.05) is 28.9 Å². The van der Waals surface area contributed by atoms with Gasteiger partial charge >= 0.3 is 0 Å². The Balaban J connectivity index is 2.12. The van der Waals surface area contributed by atoms with Gasteiger partial charge in [-0.2, -0.15) is 0 Å². The largest absolute Gasteiger partial charge is 0.371 e. The number of nitrogens with two attached hydrogens (primary N) is 1. The summed E-state index contributed by atoms with van der Waals surface area (Å²) < 4.78 is 24.2. The van der Waals surface area contributed by atoms with Gasteiger partial charge in [0.2, 0.25) is 0 Å². The Morgan fingerprint density at radius 3 is 2.71 bits per heavy atom. The number of hydrogen-bond donors (Lipinski definition) is 1. The number of sulfone groups is 1. The standard InChI is InChI=1S/C15H23BrN2O2S/c1-3-12(17)8-11-4-5-13(9-15(11)16)18(2)14-6-7-21(19,20)10-14/h4-5,9,12,14H,3,6-8,10,17H2,1-2H3. The summed E-state index contributed by atoms with van der Waals surface area (Å²) in [6.45, 7) is 2.08. The van der Waals surface area contributed by atoms with Crippen LogP contribution in [0.15, 0.2) is 22.7 Å². The summed E-state index contributed by atoms with van der Waals surface area (Å²) in [4.78, 5) is 2.07. The smallest absolute Gasteiger partial charge is 0.152 e. The predicted octanol–water partition coefficient (Wildman–Crippen LogP) is 2.35. The second-order valence-corrected chi connectivity index (χ2v) is 8.90. The molecule has 0 aliphatic carbocycles. The molecule has 0 aromatic heterocycles. The van der Waals surface area contributed by atoms with Crippen molar-refractivity contribution in [2.24, 2.45) is 5.73 Å². The van der Waals surface area contributed by atoms with E-state index in [4.69, 9.17) is 5.73 Å². The van der Waals surface area contributed by atoms with Crippen LogP contribution in [0.4, 0.5) is 5.69 Å². The molecule has 1 aromatic carbocycles. The molecule has 0 spiro atoms. The zero-order chi connectivity index (χ0) is 15.6. The van der Waals surface area contributed by atoms with Crippen molar-refractivity contribution in [3.63, 3.8) is 0 Å². The number of halogens is 1. The van der Waals surface area contributed by atoms with Crippen molar-refractivity contribution in [2.45, 2.75) is 38.3 Å². The van der Waals surface area contributed by atoms with Crippen LogP contribution in [-0.4, -0.2) is 39.1 Å². The van der Waals surface area contributed by atoms with Crippen molar-refractivity contribution in [3.05, 3.63) is 28.2 Å². The Morgan fingerprint density at radius 1 is 1.48 bits per heavy atom. The highest BCUT2D eigenvalue weighted by Gasteiger charge is 2.30. The van der Waals surface area contributed by atoms with E-state index in [1.807, 2.05) is 13.1 Å². The molecule has 2 rings (SSSR count). The van der Waals surface area contributed by atoms with Crippen molar-refractivity contribution >= 4 is 31.5 Å². The average molecular weight is 375 g/mol. The molecular formula is C15H23BrN2O2S. The third kappa shape index (κ3) is 4.20. The molecule has 0 bridgehead atoms. The highest BCUT2D eigenvalue weighted by Crippen LogP contribution is 2.28. The van der Waals surface area contributed by atoms with Crippen LogP contribution < -0.4 is 10.6 Å². The fraction of sp³-hybridized carbons (Fsp3) is 0.600. The summed E-state index contributed by atoms with van der Waals surface area (Å²) in [6.07, 6.45) is 2.51. The van der Waals surface area contributed by atoms with E-state index >= 15 is 0 Å². The minimum atomic E-state index is -2.86. The third-order valence-electron chi connectivity index (χ3n) is 4.21. The summed E-state index contributed by atoms with van der Waals surface area (Å²) in [7, 11) is -0.893. The minimum absolute atomic E-state index is 0.0747. The van der Waals surface area contributed by atoms with Gasteiger partial charge in [0, 0.05) is 29.3 Å². The molecule has 1 fully saturated rings. The fourth-order valence-corrected chi connectivity index (χ4v) is 4.94. The number of benzene rings is 1. The van der Waals surface area contributed by atoms with Crippen LogP contribution in [0.1, 0.15) is 25.3 Å². The van der Waals surface area contributed by atoms with Gasteiger partial charge in [-0.15, -0.1) is 0 Å². The SMILES string of the molecule is CCC(N)Cc1ccc(N(C)C2CCS(=O)(=O)C2)cc1Br. The molecule has 1 aliphatic rings. The average Bonchev–Trinajstić information content (AvgIpc) is 2.80. The zero-order valence-corrected chi connectivity index (χ0v) is 15.0. The summed E-state index contributed by atoms with van der Waals surface area (Å²) in [5, 5.41) is 0. The maximum absolute atomic E-state index is 11.6. The third-order valence-corrected chi connectivity index (χ3v) is 6.70. The lowest BCUT2D eigenvalue weighted by Crippen LogP contribution is -2.32. The van der Waals surface area contributed by atoms with E-state index in [1.165, 1.54) is 5.56 Å². The van der Waals surface area contributed by atoms with Gasteiger partial charge in [-0.05, 0) is 37.0 Å². The monoisotopic (exact) mass is 374 g/mol. The summed E-state index contributed by atoms with van der Waals surface area (Å²) in [5.74, 6) is 0.552. The lowest BCUT2D eigenvalue weighted by molar-refractivity contribution is 0.601. The van der Waals surface area contributed by atoms with Gasteiger partial charge < -0.3 is 10.6 Å². The highest BCUT2D eigenvalue weighted by atomic mass is 79.9. The Kier molecular flexibility index (Phi) is 5.33. The van der Waals surface area contributed by atoms with Crippen LogP contribution in [0, 0.1) is 0 Å². The second-order valence-electron chi connectivity index (χ2n) is 5.82. The number of nitrogens with zero attached hydrogens (tertiary/aromatic N) is 1. The number of hydrogen-bond acceptors (Lipinski definition) is 4. The Bertz CT molecular complexity index is 604. The molecule has 1 heterocycles. The van der Waals surface area contributed by atoms with Gasteiger partial charge in [0.05, 0.1) is 11.5 Å². The summed E-state index contributed by atoms with van der Waals surface area (Å²) >= 11 is 3.60. The van der Waals surface area contributed by atoms with Crippen molar-refractivity contribution in [1.82, 2.24) is 0 Å². The molecule has 1 saturated heterocycles. The second kappa shape index (κ2) is 6.67. The molecule has 21 heavy (non-hydrogen) atoms. The van der Waals surface area contributed by atoms with Crippen LogP contribution in [-0.2, 0) is 16.3 Å². The van der Waals surface area contributed by atoms with Crippen molar-refractivity contribution in [1.29, 1.82) is 0 Å². The minimum Gasteiger partial charge on any atom is -0.371 e. The van der Waals surface area contributed by atoms with E-state index in [0.29, 0.717) is 12.2 Å². The lowest BCUT2D eigenvalue weighted by atomic mass is 10.0. The van der Waals surface area contributed by atoms with E-state index in [9.17, 15) is 8.42 Å². The number of rotatable bonds is 5. The Labute approximate surface area is 135 Å². The van der Waals surface area contributed by atoms with E-state index < -0.39 is 9.84 Å². The molecule has 2 unspecified atom stereocenters. The van der Waals surface area contributed by atoms with Crippen molar-refractivity contribution in [3.8, 4) is 0 Å². The summed E-state index contributed by atoms with van der Waals surface area (Å²) in [5.41, 5.74) is 8.24. The van der Waals surface area contributed by atoms with Gasteiger partial charge in [0.25, 0.3) is 0 Å². The fourth-order valence-electron chi connectivity index (χ4n) is 2.64. The van der Waals surface area contributed by atoms with Gasteiger partial charge in [-0.25, -0.2) is 8.42 Å². The molecule has 2 atom stereocenters. The maximum Gasteiger partial charge on any atom is 0.152 e. The molecular weight excluding hydrogens is 352 g/mol. The molecule has 1 aliphatic heterocycles. The van der Waals surface area contributed by atoms with Crippen molar-refractivity contribution in [2.75, 3.05) is 23.5 Å². The Hall–Kier alpha value is -0.590. The molecule has 0 radical (unpaired) electrons. The van der Waals surface area contributed by atoms with E-state index in [1.54, 1.807) is 0 Å². The summed E-state index contributed by atoms with van der Waals surface area (Å²) in [6, 6.07) is 6.43. The van der Waals surface area contributed by atoms with E-state index in [0.717, 1.165) is 23.0 Å². The van der Waals surface area contributed by atoms with Crippen molar-refractivity contribution < 1.29 is 8.42 Å². The highest BCUT2D eigenvalue weighted by molar-refractivity contribution is 9.10. The first kappa shape index (κ1) is 16.8. The first-order chi connectivity index (χ1) is 9.82. The quantitative estimate of drug-likeness (QED) is 0.858. The van der Waals surface area contributed by atoms with Gasteiger partial charge in [-0.3, -0.25) is 0 Å².